The van der Waals surface area contributed by atoms with Gasteiger partial charge in [-0.05, 0) is 82.1 Å². The molecule has 6 rings (SSSR count). The molecule has 5 aromatic carbocycles. The second kappa shape index (κ2) is 12.3. The summed E-state index contributed by atoms with van der Waals surface area (Å²) in [5.74, 6) is -1.95. The minimum atomic E-state index is -4.41. The SMILES string of the molecule is O=C(O)c1ccc(COc2ccc3cc(-c4ccc(-c5ccccc5)n4Cc4ccc(C(F)(F)F)cc4)ccc3c2)c(C(=O)O)c1. The third kappa shape index (κ3) is 6.34. The van der Waals surface area contributed by atoms with Crippen LogP contribution in [0.2, 0.25) is 0 Å². The summed E-state index contributed by atoms with van der Waals surface area (Å²) in [5.41, 5.74) is 3.84. The van der Waals surface area contributed by atoms with Crippen LogP contribution in [0.5, 0.6) is 5.75 Å². The highest BCUT2D eigenvalue weighted by Gasteiger charge is 2.30. The maximum Gasteiger partial charge on any atom is 0.416 e. The number of fused-ring (bicyclic) bond motifs is 1. The highest BCUT2D eigenvalue weighted by molar-refractivity contribution is 5.95. The smallest absolute Gasteiger partial charge is 0.416 e. The molecule has 0 aliphatic carbocycles. The fraction of sp³-hybridized carbons (Fsp3) is 0.0811. The Morgan fingerprint density at radius 1 is 0.674 bits per heavy atom. The molecule has 0 aliphatic rings. The molecule has 46 heavy (non-hydrogen) atoms. The summed E-state index contributed by atoms with van der Waals surface area (Å²) in [6, 6.07) is 34.3. The van der Waals surface area contributed by atoms with Gasteiger partial charge in [-0.15, -0.1) is 0 Å². The molecule has 0 amide bonds. The molecule has 1 heterocycles. The second-order valence-corrected chi connectivity index (χ2v) is 10.7. The number of alkyl halides is 3. The van der Waals surface area contributed by atoms with E-state index >= 15 is 0 Å². The molecule has 6 nitrogen and oxygen atoms in total. The highest BCUT2D eigenvalue weighted by Crippen LogP contribution is 2.34. The van der Waals surface area contributed by atoms with Crippen molar-refractivity contribution in [2.24, 2.45) is 0 Å². The van der Waals surface area contributed by atoms with E-state index in [1.165, 1.54) is 24.3 Å². The number of aromatic nitrogens is 1. The summed E-state index contributed by atoms with van der Waals surface area (Å²) in [6.45, 7) is 0.298. The molecule has 0 saturated carbocycles. The third-order valence-electron chi connectivity index (χ3n) is 7.76. The molecule has 9 heteroatoms. The summed E-state index contributed by atoms with van der Waals surface area (Å²) in [7, 11) is 0. The molecule has 0 bridgehead atoms. The first kappa shape index (κ1) is 30.2. The van der Waals surface area contributed by atoms with E-state index in [2.05, 4.69) is 4.57 Å². The molecule has 0 aliphatic heterocycles. The number of benzene rings is 5. The first-order valence-electron chi connectivity index (χ1n) is 14.2. The largest absolute Gasteiger partial charge is 0.489 e. The fourth-order valence-corrected chi connectivity index (χ4v) is 5.40. The number of nitrogens with zero attached hydrogens (tertiary/aromatic N) is 1. The van der Waals surface area contributed by atoms with Gasteiger partial charge >= 0.3 is 18.1 Å². The summed E-state index contributed by atoms with van der Waals surface area (Å²) < 4.78 is 47.5. The first-order chi connectivity index (χ1) is 22.1. The molecule has 1 aromatic heterocycles. The summed E-state index contributed by atoms with van der Waals surface area (Å²) >= 11 is 0. The van der Waals surface area contributed by atoms with Crippen LogP contribution in [0.25, 0.3) is 33.3 Å². The van der Waals surface area contributed by atoms with E-state index in [1.807, 2.05) is 72.8 Å². The first-order valence-corrected chi connectivity index (χ1v) is 14.2. The lowest BCUT2D eigenvalue weighted by atomic mass is 10.0. The van der Waals surface area contributed by atoms with Crippen molar-refractivity contribution in [2.75, 3.05) is 0 Å². The van der Waals surface area contributed by atoms with E-state index in [1.54, 1.807) is 6.07 Å². The second-order valence-electron chi connectivity index (χ2n) is 10.7. The van der Waals surface area contributed by atoms with Crippen LogP contribution in [0.1, 0.15) is 37.4 Å². The van der Waals surface area contributed by atoms with Gasteiger partial charge in [0.25, 0.3) is 0 Å². The van der Waals surface area contributed by atoms with Crippen molar-refractivity contribution in [1.82, 2.24) is 4.57 Å². The molecule has 0 atom stereocenters. The van der Waals surface area contributed by atoms with Crippen LogP contribution < -0.4 is 4.74 Å². The van der Waals surface area contributed by atoms with E-state index in [-0.39, 0.29) is 17.7 Å². The van der Waals surface area contributed by atoms with Crippen molar-refractivity contribution in [3.05, 3.63) is 149 Å². The van der Waals surface area contributed by atoms with Gasteiger partial charge < -0.3 is 19.5 Å². The Morgan fingerprint density at radius 2 is 1.35 bits per heavy atom. The van der Waals surface area contributed by atoms with Crippen LogP contribution in [-0.4, -0.2) is 26.7 Å². The van der Waals surface area contributed by atoms with Crippen molar-refractivity contribution in [3.63, 3.8) is 0 Å². The Bertz CT molecular complexity index is 2070. The van der Waals surface area contributed by atoms with Crippen LogP contribution in [-0.2, 0) is 19.3 Å². The number of halogens is 3. The van der Waals surface area contributed by atoms with Crippen LogP contribution >= 0.6 is 0 Å². The Balaban J connectivity index is 1.29. The number of hydrogen-bond donors (Lipinski definition) is 2. The van der Waals surface area contributed by atoms with E-state index in [4.69, 9.17) is 4.74 Å². The molecule has 6 aromatic rings. The molecule has 0 saturated heterocycles. The molecule has 0 spiro atoms. The quantitative estimate of drug-likeness (QED) is 0.168. The van der Waals surface area contributed by atoms with Gasteiger partial charge in [-0.1, -0.05) is 66.7 Å². The number of ether oxygens (including phenoxy) is 1. The predicted octanol–water partition coefficient (Wildman–Crippen LogP) is 9.02. The Hall–Kier alpha value is -5.83. The van der Waals surface area contributed by atoms with Gasteiger partial charge in [0.1, 0.15) is 12.4 Å². The Morgan fingerprint density at radius 3 is 2.02 bits per heavy atom. The van der Waals surface area contributed by atoms with Crippen molar-refractivity contribution in [2.45, 2.75) is 19.3 Å². The molecule has 0 radical (unpaired) electrons. The molecule has 0 unspecified atom stereocenters. The zero-order valence-electron chi connectivity index (χ0n) is 24.2. The number of aromatic carboxylic acids is 2. The van der Waals surface area contributed by atoms with Gasteiger partial charge in [-0.3, -0.25) is 0 Å². The van der Waals surface area contributed by atoms with Gasteiger partial charge in [0.05, 0.1) is 16.7 Å². The number of carboxylic acid groups (broad SMARTS) is 2. The Labute approximate surface area is 261 Å². The minimum Gasteiger partial charge on any atom is -0.489 e. The van der Waals surface area contributed by atoms with E-state index in [0.29, 0.717) is 17.9 Å². The molecule has 230 valence electrons. The van der Waals surface area contributed by atoms with E-state index in [9.17, 15) is 33.0 Å². The maximum absolute atomic E-state index is 13.2. The Kier molecular flexibility index (Phi) is 8.06. The average Bonchev–Trinajstić information content (AvgIpc) is 3.46. The molecule has 0 fully saturated rings. The number of carboxylic acids is 2. The van der Waals surface area contributed by atoms with Crippen LogP contribution in [0.3, 0.4) is 0 Å². The summed E-state index contributed by atoms with van der Waals surface area (Å²) in [5, 5.41) is 20.5. The maximum atomic E-state index is 13.2. The van der Waals surface area contributed by atoms with Crippen molar-refractivity contribution < 1.29 is 37.7 Å². The van der Waals surface area contributed by atoms with E-state index < -0.39 is 23.7 Å². The predicted molar refractivity (Wildman–Crippen MR) is 168 cm³/mol. The van der Waals surface area contributed by atoms with Gasteiger partial charge in [0.15, 0.2) is 0 Å². The van der Waals surface area contributed by atoms with Gasteiger partial charge in [0.2, 0.25) is 0 Å². The third-order valence-corrected chi connectivity index (χ3v) is 7.76. The standard InChI is InChI=1S/C37H26F3NO5/c38-37(39,40)30-13-6-23(7-14-30)21-41-33(24-4-2-1-3-5-24)16-17-34(41)27-9-8-26-19-31(15-12-25(26)18-27)46-22-29-11-10-28(35(42)43)20-32(29)36(44)45/h1-20H,21-22H2,(H,42,43)(H,44,45). The monoisotopic (exact) mass is 621 g/mol. The lowest BCUT2D eigenvalue weighted by Gasteiger charge is -2.16. The fourth-order valence-electron chi connectivity index (χ4n) is 5.40. The van der Waals surface area contributed by atoms with Crippen LogP contribution in [0.4, 0.5) is 13.2 Å². The van der Waals surface area contributed by atoms with Crippen molar-refractivity contribution >= 4 is 22.7 Å². The number of carbonyl (C=O) groups is 2. The zero-order chi connectivity index (χ0) is 32.4. The minimum absolute atomic E-state index is 0.0646. The van der Waals surface area contributed by atoms with Crippen LogP contribution in [0, 0.1) is 0 Å². The van der Waals surface area contributed by atoms with Crippen LogP contribution in [0.15, 0.2) is 121 Å². The average molecular weight is 622 g/mol. The number of hydrogen-bond acceptors (Lipinski definition) is 3. The zero-order valence-corrected chi connectivity index (χ0v) is 24.2. The topological polar surface area (TPSA) is 88.8 Å². The summed E-state index contributed by atoms with van der Waals surface area (Å²) in [6.07, 6.45) is -4.41. The normalized spacial score (nSPS) is 11.5. The molecular weight excluding hydrogens is 595 g/mol. The van der Waals surface area contributed by atoms with E-state index in [0.717, 1.165) is 57.0 Å². The molecular formula is C37H26F3NO5. The summed E-state index contributed by atoms with van der Waals surface area (Å²) in [4.78, 5) is 23.0. The molecule has 2 N–H and O–H groups in total. The van der Waals surface area contributed by atoms with Gasteiger partial charge in [-0.2, -0.15) is 13.2 Å². The van der Waals surface area contributed by atoms with Crippen molar-refractivity contribution in [1.29, 1.82) is 0 Å². The lowest BCUT2D eigenvalue weighted by Crippen LogP contribution is -2.08. The highest BCUT2D eigenvalue weighted by atomic mass is 19.4. The van der Waals surface area contributed by atoms with Crippen molar-refractivity contribution in [3.8, 4) is 28.3 Å². The number of rotatable bonds is 9. The lowest BCUT2D eigenvalue weighted by molar-refractivity contribution is -0.137. The van der Waals surface area contributed by atoms with Gasteiger partial charge in [0, 0.05) is 23.5 Å². The van der Waals surface area contributed by atoms with Gasteiger partial charge in [-0.25, -0.2) is 9.59 Å².